The van der Waals surface area contributed by atoms with E-state index in [4.69, 9.17) is 0 Å². The minimum atomic E-state index is 0. The largest absolute Gasteiger partial charge is 1.00 e. The van der Waals surface area contributed by atoms with Crippen molar-refractivity contribution in [1.29, 1.82) is 0 Å². The molecule has 0 nitrogen and oxygen atoms in total. The normalized spacial score (nSPS) is 10.9. The molecule has 0 amide bonds. The summed E-state index contributed by atoms with van der Waals surface area (Å²) in [5, 5.41) is 5.34. The molecule has 134 valence electrons. The zero-order valence-corrected chi connectivity index (χ0v) is 22.1. The Labute approximate surface area is 216 Å². The van der Waals surface area contributed by atoms with E-state index in [0.717, 1.165) is 0 Å². The molecule has 0 atom stereocenters. The van der Waals surface area contributed by atoms with Gasteiger partial charge in [-0.1, -0.05) is 100 Å². The fourth-order valence-electron chi connectivity index (χ4n) is 4.22. The summed E-state index contributed by atoms with van der Waals surface area (Å²) < 4.78 is 0. The summed E-state index contributed by atoms with van der Waals surface area (Å²) in [6.45, 7) is 9.26. The van der Waals surface area contributed by atoms with E-state index in [0.29, 0.717) is 11.8 Å². The molecule has 28 heavy (non-hydrogen) atoms. The van der Waals surface area contributed by atoms with Crippen molar-refractivity contribution >= 4 is 21.5 Å². The standard InChI is InChI=1S/C26H26.2Na.2H/c1-17(2)24-16-20-11-6-8-14-22(20)26(25(24)18(3)4)23-15-9-12-19-10-5-7-13-21(19)23;;;;/h5-18H,1-4H3;;;;/q;2*+1;2*-1. The van der Waals surface area contributed by atoms with E-state index < -0.39 is 0 Å². The van der Waals surface area contributed by atoms with Gasteiger partial charge in [-0.05, 0) is 55.6 Å². The monoisotopic (exact) mass is 386 g/mol. The van der Waals surface area contributed by atoms with E-state index in [1.54, 1.807) is 0 Å². The third-order valence-corrected chi connectivity index (χ3v) is 5.38. The zero-order chi connectivity index (χ0) is 18.3. The maximum atomic E-state index is 2.41. The molecule has 4 rings (SSSR count). The molecule has 4 aromatic rings. The first-order valence-corrected chi connectivity index (χ1v) is 9.61. The maximum absolute atomic E-state index is 2.41. The van der Waals surface area contributed by atoms with Crippen molar-refractivity contribution in [2.45, 2.75) is 39.5 Å². The molecule has 0 saturated carbocycles. The number of rotatable bonds is 3. The van der Waals surface area contributed by atoms with Gasteiger partial charge < -0.3 is 2.85 Å². The molecular weight excluding hydrogens is 358 g/mol. The van der Waals surface area contributed by atoms with E-state index in [1.165, 1.54) is 43.8 Å². The average Bonchev–Trinajstić information content (AvgIpc) is 2.65. The first kappa shape index (κ1) is 23.7. The van der Waals surface area contributed by atoms with Crippen molar-refractivity contribution in [3.8, 4) is 11.1 Å². The van der Waals surface area contributed by atoms with E-state index in [1.807, 2.05) is 0 Å². The Bertz CT molecular complexity index is 1100. The van der Waals surface area contributed by atoms with Crippen LogP contribution in [0.4, 0.5) is 0 Å². The molecule has 0 spiro atoms. The Balaban J connectivity index is 0.00000210. The van der Waals surface area contributed by atoms with Crippen LogP contribution in [-0.4, -0.2) is 0 Å². The summed E-state index contributed by atoms with van der Waals surface area (Å²) in [5.74, 6) is 0.983. The maximum Gasteiger partial charge on any atom is 1.00 e. The van der Waals surface area contributed by atoms with Crippen molar-refractivity contribution in [1.82, 2.24) is 0 Å². The molecule has 0 radical (unpaired) electrons. The fourth-order valence-corrected chi connectivity index (χ4v) is 4.22. The molecule has 2 heteroatoms. The quantitative estimate of drug-likeness (QED) is 0.474. The van der Waals surface area contributed by atoms with E-state index in [-0.39, 0.29) is 62.0 Å². The van der Waals surface area contributed by atoms with Crippen molar-refractivity contribution in [3.63, 3.8) is 0 Å². The summed E-state index contributed by atoms with van der Waals surface area (Å²) in [5.41, 5.74) is 5.74. The van der Waals surface area contributed by atoms with E-state index in [9.17, 15) is 0 Å². The van der Waals surface area contributed by atoms with Crippen LogP contribution in [0.5, 0.6) is 0 Å². The third kappa shape index (κ3) is 4.29. The Hall–Kier alpha value is -0.600. The van der Waals surface area contributed by atoms with Crippen LogP contribution in [0.2, 0.25) is 0 Å². The molecule has 4 aromatic carbocycles. The van der Waals surface area contributed by atoms with E-state index in [2.05, 4.69) is 100 Å². The summed E-state index contributed by atoms with van der Waals surface area (Å²) in [7, 11) is 0. The zero-order valence-electron chi connectivity index (χ0n) is 20.1. The Morgan fingerprint density at radius 3 is 1.82 bits per heavy atom. The van der Waals surface area contributed by atoms with Gasteiger partial charge >= 0.3 is 59.1 Å². The molecule has 0 bridgehead atoms. The molecule has 0 saturated heterocycles. The topological polar surface area (TPSA) is 0 Å². The van der Waals surface area contributed by atoms with Gasteiger partial charge in [0.15, 0.2) is 0 Å². The van der Waals surface area contributed by atoms with Crippen LogP contribution in [0.1, 0.15) is 53.5 Å². The smallest absolute Gasteiger partial charge is 1.00 e. The minimum Gasteiger partial charge on any atom is -1.00 e. The van der Waals surface area contributed by atoms with Gasteiger partial charge in [0.05, 0.1) is 0 Å². The molecule has 0 aromatic heterocycles. The minimum absolute atomic E-state index is 0. The van der Waals surface area contributed by atoms with Crippen LogP contribution in [0.15, 0.2) is 72.8 Å². The van der Waals surface area contributed by atoms with Crippen LogP contribution in [0.25, 0.3) is 32.7 Å². The average molecular weight is 386 g/mol. The van der Waals surface area contributed by atoms with Gasteiger partial charge in [-0.3, -0.25) is 0 Å². The van der Waals surface area contributed by atoms with Gasteiger partial charge in [0.25, 0.3) is 0 Å². The van der Waals surface area contributed by atoms with Crippen LogP contribution in [-0.2, 0) is 0 Å². The predicted octanol–water partition coefficient (Wildman–Crippen LogP) is 2.14. The van der Waals surface area contributed by atoms with Gasteiger partial charge in [-0.25, -0.2) is 0 Å². The second-order valence-corrected chi connectivity index (χ2v) is 7.81. The summed E-state index contributed by atoms with van der Waals surface area (Å²) in [6.07, 6.45) is 0. The number of hydrogen-bond acceptors (Lipinski definition) is 0. The van der Waals surface area contributed by atoms with Gasteiger partial charge in [0.1, 0.15) is 0 Å². The predicted molar refractivity (Wildman–Crippen MR) is 117 cm³/mol. The Morgan fingerprint density at radius 1 is 0.607 bits per heavy atom. The van der Waals surface area contributed by atoms with Crippen molar-refractivity contribution in [2.75, 3.05) is 0 Å². The van der Waals surface area contributed by atoms with Gasteiger partial charge in [0.2, 0.25) is 0 Å². The van der Waals surface area contributed by atoms with Crippen LogP contribution in [0, 0.1) is 0 Å². The van der Waals surface area contributed by atoms with Gasteiger partial charge in [-0.15, -0.1) is 0 Å². The Morgan fingerprint density at radius 2 is 1.18 bits per heavy atom. The molecule has 0 aliphatic rings. The van der Waals surface area contributed by atoms with Crippen LogP contribution in [0.3, 0.4) is 0 Å². The molecule has 0 aliphatic carbocycles. The number of hydrogen-bond donors (Lipinski definition) is 0. The second-order valence-electron chi connectivity index (χ2n) is 7.81. The Kier molecular flexibility index (Phi) is 8.40. The molecule has 0 fully saturated rings. The fraction of sp³-hybridized carbons (Fsp3) is 0.231. The van der Waals surface area contributed by atoms with Gasteiger partial charge in [-0.2, -0.15) is 0 Å². The van der Waals surface area contributed by atoms with E-state index >= 15 is 0 Å². The SMILES string of the molecule is CC(C)c1cc2ccccc2c(-c2cccc3ccccc23)c1C(C)C.[H-].[H-].[Na+].[Na+]. The summed E-state index contributed by atoms with van der Waals surface area (Å²) >= 11 is 0. The summed E-state index contributed by atoms with van der Waals surface area (Å²) in [4.78, 5) is 0. The van der Waals surface area contributed by atoms with Gasteiger partial charge in [0, 0.05) is 0 Å². The van der Waals surface area contributed by atoms with Crippen molar-refractivity contribution < 1.29 is 62.0 Å². The summed E-state index contributed by atoms with van der Waals surface area (Å²) in [6, 6.07) is 26.7. The first-order chi connectivity index (χ1) is 12.6. The number of benzene rings is 4. The van der Waals surface area contributed by atoms with Crippen LogP contribution >= 0.6 is 0 Å². The molecule has 0 heterocycles. The third-order valence-electron chi connectivity index (χ3n) is 5.38. The molecule has 0 aliphatic heterocycles. The first-order valence-electron chi connectivity index (χ1n) is 9.61. The molecule has 0 N–H and O–H groups in total. The molecule has 0 unspecified atom stereocenters. The number of fused-ring (bicyclic) bond motifs is 2. The van der Waals surface area contributed by atoms with Crippen molar-refractivity contribution in [2.24, 2.45) is 0 Å². The second kappa shape index (κ2) is 9.94. The molecular formula is C26H28Na2. The van der Waals surface area contributed by atoms with Crippen molar-refractivity contribution in [3.05, 3.63) is 83.9 Å². The van der Waals surface area contributed by atoms with Crippen LogP contribution < -0.4 is 59.1 Å².